The van der Waals surface area contributed by atoms with Gasteiger partial charge in [0.05, 0.1) is 24.7 Å². The van der Waals surface area contributed by atoms with Crippen LogP contribution >= 0.6 is 0 Å². The molecule has 0 spiro atoms. The molecule has 1 aliphatic carbocycles. The highest BCUT2D eigenvalue weighted by molar-refractivity contribution is 5.88. The zero-order valence-electron chi connectivity index (χ0n) is 20.6. The van der Waals surface area contributed by atoms with E-state index >= 15 is 0 Å². The molecule has 0 saturated heterocycles. The number of Topliss-reactive ketones (excluding diaryl/α,β-unsaturated/α-hetero) is 1. The summed E-state index contributed by atoms with van der Waals surface area (Å²) in [6.45, 7) is 3.83. The minimum Gasteiger partial charge on any atom is -0.489 e. The van der Waals surface area contributed by atoms with Crippen LogP contribution in [0.1, 0.15) is 29.2 Å². The first-order valence-electron chi connectivity index (χ1n) is 11.8. The summed E-state index contributed by atoms with van der Waals surface area (Å²) in [5.74, 6) is 0.579. The van der Waals surface area contributed by atoms with Crippen molar-refractivity contribution in [3.05, 3.63) is 108 Å². The molecule has 0 radical (unpaired) electrons. The molecular weight excluding hydrogens is 476 g/mol. The molecule has 2 N–H and O–H groups in total. The van der Waals surface area contributed by atoms with E-state index in [1.165, 1.54) is 24.3 Å². The summed E-state index contributed by atoms with van der Waals surface area (Å²) in [5, 5.41) is 0. The number of benzene rings is 1. The largest absolute Gasteiger partial charge is 0.489 e. The van der Waals surface area contributed by atoms with E-state index in [-0.39, 0.29) is 30.5 Å². The molecule has 1 fully saturated rings. The standard InChI is InChI=1S/C23H21F2N3O2.C5H6N2/c1-14-22(12-26-15(2)28-14)30-13-23(16-4-3-5-17(24)8-16)10-20(23)21(29)9-19-7-6-18(25)11-27-19;6-5-3-1-2-4-7-5/h3-8,11-12,20H,9-10,13H2,1-2H3;1-4H,(H2,6,7)/t20-,23+;/m0./s1. The molecule has 37 heavy (non-hydrogen) atoms. The molecule has 0 bridgehead atoms. The number of nitrogens with zero attached hydrogens (tertiary/aromatic N) is 4. The van der Waals surface area contributed by atoms with E-state index in [1.807, 2.05) is 25.1 Å². The minimum atomic E-state index is -0.628. The summed E-state index contributed by atoms with van der Waals surface area (Å²) in [6.07, 6.45) is 5.00. The molecule has 7 nitrogen and oxygen atoms in total. The van der Waals surface area contributed by atoms with Crippen molar-refractivity contribution in [2.45, 2.75) is 32.1 Å². The summed E-state index contributed by atoms with van der Waals surface area (Å²) in [7, 11) is 0. The molecule has 2 atom stereocenters. The Morgan fingerprint density at radius 2 is 1.86 bits per heavy atom. The van der Waals surface area contributed by atoms with Crippen molar-refractivity contribution in [1.29, 1.82) is 0 Å². The fraction of sp³-hybridized carbons (Fsp3) is 0.250. The van der Waals surface area contributed by atoms with Crippen molar-refractivity contribution < 1.29 is 18.3 Å². The lowest BCUT2D eigenvalue weighted by atomic mass is 9.91. The van der Waals surface area contributed by atoms with Crippen molar-refractivity contribution in [2.24, 2.45) is 5.92 Å². The van der Waals surface area contributed by atoms with Gasteiger partial charge in [-0.05, 0) is 62.2 Å². The fourth-order valence-electron chi connectivity index (χ4n) is 4.20. The fourth-order valence-corrected chi connectivity index (χ4v) is 4.20. The highest BCUT2D eigenvalue weighted by Crippen LogP contribution is 2.55. The molecule has 1 aliphatic rings. The SMILES string of the molecule is Cc1ncc(OC[C@@]2(c3cccc(F)c3)C[C@H]2C(=O)Cc2ccc(F)cn2)c(C)n1.Nc1ccccn1. The van der Waals surface area contributed by atoms with Crippen molar-refractivity contribution in [3.8, 4) is 5.75 Å². The maximum absolute atomic E-state index is 13.9. The first-order chi connectivity index (χ1) is 17.8. The van der Waals surface area contributed by atoms with Crippen molar-refractivity contribution in [1.82, 2.24) is 19.9 Å². The molecule has 5 rings (SSSR count). The van der Waals surface area contributed by atoms with Gasteiger partial charge in [0.2, 0.25) is 0 Å². The van der Waals surface area contributed by atoms with Crippen LogP contribution in [0, 0.1) is 31.4 Å². The first-order valence-corrected chi connectivity index (χ1v) is 11.8. The molecular formula is C28H27F2N5O2. The normalized spacial score (nSPS) is 17.9. The van der Waals surface area contributed by atoms with Gasteiger partial charge in [0.25, 0.3) is 0 Å². The summed E-state index contributed by atoms with van der Waals surface area (Å²) in [6, 6.07) is 14.5. The number of nitrogens with two attached hydrogens (primary N) is 1. The number of halogens is 2. The number of aromatic nitrogens is 4. The van der Waals surface area contributed by atoms with Crippen LogP contribution in [0.15, 0.2) is 73.2 Å². The Morgan fingerprint density at radius 3 is 2.49 bits per heavy atom. The van der Waals surface area contributed by atoms with Gasteiger partial charge in [0.15, 0.2) is 5.75 Å². The number of carbonyl (C=O) groups excluding carboxylic acids is 1. The van der Waals surface area contributed by atoms with Crippen molar-refractivity contribution in [3.63, 3.8) is 0 Å². The first kappa shape index (κ1) is 25.8. The van der Waals surface area contributed by atoms with Gasteiger partial charge in [-0.2, -0.15) is 0 Å². The molecule has 3 aromatic heterocycles. The molecule has 190 valence electrons. The number of anilines is 1. The second-order valence-electron chi connectivity index (χ2n) is 8.94. The Morgan fingerprint density at radius 1 is 1.03 bits per heavy atom. The number of hydrogen-bond acceptors (Lipinski definition) is 7. The van der Waals surface area contributed by atoms with Gasteiger partial charge in [-0.15, -0.1) is 0 Å². The Balaban J connectivity index is 0.000000396. The second-order valence-corrected chi connectivity index (χ2v) is 8.94. The highest BCUT2D eigenvalue weighted by atomic mass is 19.1. The minimum absolute atomic E-state index is 0.0288. The van der Waals surface area contributed by atoms with E-state index in [9.17, 15) is 13.6 Å². The Bertz CT molecular complexity index is 1370. The van der Waals surface area contributed by atoms with Crippen molar-refractivity contribution in [2.75, 3.05) is 12.3 Å². The highest BCUT2D eigenvalue weighted by Gasteiger charge is 2.59. The molecule has 9 heteroatoms. The van der Waals surface area contributed by atoms with Gasteiger partial charge >= 0.3 is 0 Å². The van der Waals surface area contributed by atoms with Gasteiger partial charge in [-0.1, -0.05) is 18.2 Å². The average molecular weight is 504 g/mol. The molecule has 1 saturated carbocycles. The number of ether oxygens (including phenoxy) is 1. The van der Waals surface area contributed by atoms with Gasteiger partial charge in [-0.25, -0.2) is 23.7 Å². The van der Waals surface area contributed by atoms with Gasteiger partial charge in [-0.3, -0.25) is 9.78 Å². The molecule has 0 amide bonds. The average Bonchev–Trinajstić information content (AvgIpc) is 3.62. The number of nitrogen functional groups attached to an aromatic ring is 1. The molecule has 0 aliphatic heterocycles. The van der Waals surface area contributed by atoms with Crippen LogP contribution in [0.2, 0.25) is 0 Å². The number of rotatable bonds is 7. The van der Waals surface area contributed by atoms with Crippen LogP contribution in [0.25, 0.3) is 0 Å². The van der Waals surface area contributed by atoms with E-state index in [1.54, 1.807) is 31.5 Å². The third-order valence-corrected chi connectivity index (χ3v) is 6.24. The Labute approximate surface area is 213 Å². The topological polar surface area (TPSA) is 104 Å². The zero-order chi connectivity index (χ0) is 26.4. The third-order valence-electron chi connectivity index (χ3n) is 6.24. The lowest BCUT2D eigenvalue weighted by Gasteiger charge is -2.19. The van der Waals surface area contributed by atoms with Gasteiger partial charge in [0.1, 0.15) is 29.1 Å². The van der Waals surface area contributed by atoms with Gasteiger partial charge in [0, 0.05) is 29.6 Å². The van der Waals surface area contributed by atoms with Crippen LogP contribution in [0.5, 0.6) is 5.75 Å². The number of hydrogen-bond donors (Lipinski definition) is 1. The monoisotopic (exact) mass is 503 g/mol. The van der Waals surface area contributed by atoms with Crippen LogP contribution < -0.4 is 10.5 Å². The second kappa shape index (κ2) is 11.2. The summed E-state index contributed by atoms with van der Waals surface area (Å²) < 4.78 is 33.0. The lowest BCUT2D eigenvalue weighted by molar-refractivity contribution is -0.120. The third kappa shape index (κ3) is 6.49. The summed E-state index contributed by atoms with van der Waals surface area (Å²) >= 11 is 0. The number of pyridine rings is 2. The van der Waals surface area contributed by atoms with Gasteiger partial charge < -0.3 is 10.5 Å². The molecule has 0 unspecified atom stereocenters. The predicted octanol–water partition coefficient (Wildman–Crippen LogP) is 4.58. The van der Waals surface area contributed by atoms with E-state index in [2.05, 4.69) is 19.9 Å². The predicted molar refractivity (Wildman–Crippen MR) is 135 cm³/mol. The van der Waals surface area contributed by atoms with Crippen LogP contribution in [-0.2, 0) is 16.6 Å². The maximum Gasteiger partial charge on any atom is 0.158 e. The zero-order valence-corrected chi connectivity index (χ0v) is 20.6. The van der Waals surface area contributed by atoms with E-state index in [0.29, 0.717) is 35.2 Å². The number of ketones is 1. The van der Waals surface area contributed by atoms with Crippen LogP contribution in [0.4, 0.5) is 14.6 Å². The Hall–Kier alpha value is -4.27. The lowest BCUT2D eigenvalue weighted by Crippen LogP contribution is -2.25. The number of carbonyl (C=O) groups is 1. The number of aryl methyl sites for hydroxylation is 2. The smallest absolute Gasteiger partial charge is 0.158 e. The quantitative estimate of drug-likeness (QED) is 0.394. The molecule has 4 aromatic rings. The summed E-state index contributed by atoms with van der Waals surface area (Å²) in [4.78, 5) is 29.1. The maximum atomic E-state index is 13.9. The van der Waals surface area contributed by atoms with E-state index in [0.717, 1.165) is 11.8 Å². The molecule has 1 aromatic carbocycles. The molecule has 3 heterocycles. The van der Waals surface area contributed by atoms with Crippen LogP contribution in [0.3, 0.4) is 0 Å². The summed E-state index contributed by atoms with van der Waals surface area (Å²) in [5.41, 5.74) is 6.55. The van der Waals surface area contributed by atoms with Crippen molar-refractivity contribution >= 4 is 11.6 Å². The van der Waals surface area contributed by atoms with E-state index < -0.39 is 11.2 Å². The van der Waals surface area contributed by atoms with Crippen LogP contribution in [-0.4, -0.2) is 32.3 Å². The Kier molecular flexibility index (Phi) is 7.81. The van der Waals surface area contributed by atoms with E-state index in [4.69, 9.17) is 10.5 Å².